The molecule has 11 rings (SSSR count). The molecule has 0 amide bonds. The van der Waals surface area contributed by atoms with Crippen molar-refractivity contribution in [2.45, 2.75) is 26.7 Å². The van der Waals surface area contributed by atoms with Crippen molar-refractivity contribution in [3.63, 3.8) is 0 Å². The van der Waals surface area contributed by atoms with Crippen LogP contribution < -0.4 is 0 Å². The van der Waals surface area contributed by atoms with E-state index in [4.69, 9.17) is 14.4 Å². The molecule has 0 spiro atoms. The van der Waals surface area contributed by atoms with E-state index < -0.39 is 0 Å². The highest BCUT2D eigenvalue weighted by Gasteiger charge is 2.45. The molecule has 9 aromatic rings. The van der Waals surface area contributed by atoms with Gasteiger partial charge in [-0.1, -0.05) is 134 Å². The maximum atomic E-state index is 6.31. The second-order valence-electron chi connectivity index (χ2n) is 15.2. The molecule has 0 saturated carbocycles. The summed E-state index contributed by atoms with van der Waals surface area (Å²) in [4.78, 5) is 10.5. The lowest BCUT2D eigenvalue weighted by Crippen LogP contribution is -2.30. The number of fused-ring (bicyclic) bond motifs is 9. The van der Waals surface area contributed by atoms with Crippen LogP contribution in [0.5, 0.6) is 0 Å². The molecule has 0 saturated heterocycles. The normalized spacial score (nSPS) is 17.8. The Labute approximate surface area is 319 Å². The minimum atomic E-state index is -0.238. The molecule has 2 aliphatic rings. The van der Waals surface area contributed by atoms with Crippen LogP contribution in [0.15, 0.2) is 168 Å². The Balaban J connectivity index is 1.19. The lowest BCUT2D eigenvalue weighted by atomic mass is 9.59. The van der Waals surface area contributed by atoms with Crippen molar-refractivity contribution in [2.75, 3.05) is 0 Å². The topological polar surface area (TPSA) is 43.9 Å². The van der Waals surface area contributed by atoms with Crippen LogP contribution in [0.25, 0.3) is 83.2 Å². The largest absolute Gasteiger partial charge is 0.436 e. The molecule has 0 radical (unpaired) electrons. The van der Waals surface area contributed by atoms with E-state index in [0.717, 1.165) is 44.7 Å². The third kappa shape index (κ3) is 4.64. The zero-order valence-electron chi connectivity index (χ0n) is 30.9. The van der Waals surface area contributed by atoms with Crippen LogP contribution in [-0.4, -0.2) is 14.5 Å². The number of aryl methyl sites for hydroxylation is 1. The van der Waals surface area contributed by atoms with Crippen LogP contribution in [0.2, 0.25) is 0 Å². The highest BCUT2D eigenvalue weighted by molar-refractivity contribution is 6.06. The second kappa shape index (κ2) is 11.9. The third-order valence-corrected chi connectivity index (χ3v) is 12.0. The van der Waals surface area contributed by atoms with E-state index in [2.05, 4.69) is 165 Å². The monoisotopic (exact) mass is 707 g/mol. The summed E-state index contributed by atoms with van der Waals surface area (Å²) >= 11 is 0. The fraction of sp³-hybridized carbons (Fsp3) is 0.0980. The number of benzene rings is 6. The van der Waals surface area contributed by atoms with Crippen LogP contribution in [0.1, 0.15) is 42.1 Å². The van der Waals surface area contributed by atoms with Crippen molar-refractivity contribution in [1.29, 1.82) is 0 Å². The van der Waals surface area contributed by atoms with Gasteiger partial charge in [0.1, 0.15) is 16.8 Å². The Bertz CT molecular complexity index is 3140. The summed E-state index contributed by atoms with van der Waals surface area (Å²) in [6.45, 7) is 7.03. The van der Waals surface area contributed by atoms with E-state index in [1.54, 1.807) is 0 Å². The first-order chi connectivity index (χ1) is 27.0. The molecule has 4 heteroatoms. The number of aromatic nitrogens is 3. The number of rotatable bonds is 4. The first-order valence-corrected chi connectivity index (χ1v) is 19.0. The number of hydrogen-bond acceptors (Lipinski definition) is 3. The molecule has 2 atom stereocenters. The zero-order valence-corrected chi connectivity index (χ0v) is 30.9. The van der Waals surface area contributed by atoms with Gasteiger partial charge in [-0.2, -0.15) is 0 Å². The van der Waals surface area contributed by atoms with Crippen molar-refractivity contribution < 1.29 is 4.42 Å². The molecule has 1 unspecified atom stereocenters. The van der Waals surface area contributed by atoms with Crippen molar-refractivity contribution in [1.82, 2.24) is 14.5 Å². The first-order valence-electron chi connectivity index (χ1n) is 19.0. The molecule has 0 aliphatic heterocycles. The van der Waals surface area contributed by atoms with E-state index in [0.29, 0.717) is 5.71 Å². The van der Waals surface area contributed by atoms with E-state index in [1.807, 2.05) is 24.3 Å². The van der Waals surface area contributed by atoms with Gasteiger partial charge in [0.25, 0.3) is 0 Å². The number of para-hydroxylation sites is 2. The molecule has 4 nitrogen and oxygen atoms in total. The van der Waals surface area contributed by atoms with E-state index >= 15 is 0 Å². The van der Waals surface area contributed by atoms with Gasteiger partial charge in [-0.15, -0.1) is 0 Å². The average molecular weight is 708 g/mol. The number of furan rings is 1. The van der Waals surface area contributed by atoms with Crippen LogP contribution in [0.4, 0.5) is 0 Å². The molecule has 6 aromatic carbocycles. The molecule has 3 aromatic heterocycles. The fourth-order valence-electron chi connectivity index (χ4n) is 9.54. The van der Waals surface area contributed by atoms with Crippen LogP contribution in [0.3, 0.4) is 0 Å². The van der Waals surface area contributed by atoms with Crippen LogP contribution >= 0.6 is 0 Å². The van der Waals surface area contributed by atoms with Crippen LogP contribution in [-0.2, 0) is 0 Å². The maximum absolute atomic E-state index is 6.31. The van der Waals surface area contributed by atoms with E-state index in [1.165, 1.54) is 55.2 Å². The molecule has 2 aliphatic carbocycles. The second-order valence-corrected chi connectivity index (χ2v) is 15.2. The summed E-state index contributed by atoms with van der Waals surface area (Å²) in [6, 6.07) is 49.6. The SMILES string of the molecule is CC1=C(c2cc3ccccc3cc2C)C2(C)C=CC=C[C@H]2c2c1n(-c1cccc(-c3nc4oc5ccccc5c4nc3-c3ccccc3)c1)c1ccccc21. The predicted molar refractivity (Wildman–Crippen MR) is 227 cm³/mol. The van der Waals surface area contributed by atoms with Crippen molar-refractivity contribution in [2.24, 2.45) is 5.41 Å². The summed E-state index contributed by atoms with van der Waals surface area (Å²) in [5.74, 6) is 0.150. The summed E-state index contributed by atoms with van der Waals surface area (Å²) < 4.78 is 8.79. The van der Waals surface area contributed by atoms with Gasteiger partial charge < -0.3 is 8.98 Å². The Morgan fingerprint density at radius 2 is 1.36 bits per heavy atom. The van der Waals surface area contributed by atoms with Gasteiger partial charge in [-0.3, -0.25) is 0 Å². The van der Waals surface area contributed by atoms with Gasteiger partial charge in [0.05, 0.1) is 16.9 Å². The maximum Gasteiger partial charge on any atom is 0.246 e. The Morgan fingerprint density at radius 1 is 0.655 bits per heavy atom. The smallest absolute Gasteiger partial charge is 0.246 e. The highest BCUT2D eigenvalue weighted by Crippen LogP contribution is 2.60. The van der Waals surface area contributed by atoms with Crippen molar-refractivity contribution in [3.8, 4) is 28.2 Å². The summed E-state index contributed by atoms with van der Waals surface area (Å²) in [5.41, 5.74) is 15.6. The van der Waals surface area contributed by atoms with E-state index in [9.17, 15) is 0 Å². The summed E-state index contributed by atoms with van der Waals surface area (Å²) in [7, 11) is 0. The van der Waals surface area contributed by atoms with Gasteiger partial charge in [0.15, 0.2) is 0 Å². The van der Waals surface area contributed by atoms with Gasteiger partial charge in [-0.25, -0.2) is 9.97 Å². The number of nitrogens with zero attached hydrogens (tertiary/aromatic N) is 3. The highest BCUT2D eigenvalue weighted by atomic mass is 16.3. The minimum Gasteiger partial charge on any atom is -0.436 e. The molecular formula is C51H37N3O. The van der Waals surface area contributed by atoms with Crippen molar-refractivity contribution in [3.05, 3.63) is 186 Å². The molecule has 55 heavy (non-hydrogen) atoms. The zero-order chi connectivity index (χ0) is 36.8. The lowest BCUT2D eigenvalue weighted by Gasteiger charge is -2.44. The van der Waals surface area contributed by atoms with Crippen LogP contribution in [0, 0.1) is 12.3 Å². The lowest BCUT2D eigenvalue weighted by molar-refractivity contribution is 0.498. The fourth-order valence-corrected chi connectivity index (χ4v) is 9.54. The predicted octanol–water partition coefficient (Wildman–Crippen LogP) is 13.3. The molecule has 0 bridgehead atoms. The van der Waals surface area contributed by atoms with Gasteiger partial charge in [0.2, 0.25) is 5.71 Å². The van der Waals surface area contributed by atoms with Gasteiger partial charge in [-0.05, 0) is 88.9 Å². The molecule has 3 heterocycles. The quantitative estimate of drug-likeness (QED) is 0.183. The minimum absolute atomic E-state index is 0.150. The van der Waals surface area contributed by atoms with Gasteiger partial charge >= 0.3 is 0 Å². The molecule has 0 fully saturated rings. The summed E-state index contributed by atoms with van der Waals surface area (Å²) in [6.07, 6.45) is 9.31. The number of allylic oxidation sites excluding steroid dienone is 6. The Hall–Kier alpha value is -6.78. The van der Waals surface area contributed by atoms with E-state index in [-0.39, 0.29) is 11.3 Å². The Kier molecular flexibility index (Phi) is 6.84. The average Bonchev–Trinajstić information content (AvgIpc) is 3.77. The third-order valence-electron chi connectivity index (χ3n) is 12.0. The Morgan fingerprint density at radius 3 is 2.22 bits per heavy atom. The first kappa shape index (κ1) is 31.7. The molecule has 262 valence electrons. The molecule has 0 N–H and O–H groups in total. The summed E-state index contributed by atoms with van der Waals surface area (Å²) in [5, 5.41) is 4.77. The standard InChI is InChI=1S/C51H37N3O/c1-31-28-34-18-7-8-19-35(34)30-40(31)45-32(2)49-44(41-24-13-14-27-51(41,45)3)38-22-9-11-25-42(38)54(49)37-21-15-20-36(29-37)47-46(33-16-5-4-6-17-33)52-48-39-23-10-12-26-43(39)55-50(48)53-47/h4-30,41H,1-3H3/t41-,51?/m0/s1. The van der Waals surface area contributed by atoms with Crippen molar-refractivity contribution >= 4 is 55.0 Å². The number of hydrogen-bond donors (Lipinski definition) is 0. The molecular weight excluding hydrogens is 671 g/mol. The van der Waals surface area contributed by atoms with Gasteiger partial charge in [0, 0.05) is 38.9 Å².